The van der Waals surface area contributed by atoms with Crippen LogP contribution in [0.5, 0.6) is 0 Å². The number of aliphatic hydroxyl groups is 1. The predicted molar refractivity (Wildman–Crippen MR) is 45.8 cm³/mol. The van der Waals surface area contributed by atoms with Gasteiger partial charge in [-0.25, -0.2) is 4.79 Å². The Morgan fingerprint density at radius 1 is 1.58 bits per heavy atom. The second-order valence-corrected chi connectivity index (χ2v) is 3.20. The third kappa shape index (κ3) is 2.11. The number of rotatable bonds is 2. The van der Waals surface area contributed by atoms with E-state index in [0.29, 0.717) is 0 Å². The van der Waals surface area contributed by atoms with Gasteiger partial charge in [-0.2, -0.15) is 0 Å². The molecular formula is C8H16N2O2. The molecule has 4 nitrogen and oxygen atoms in total. The van der Waals surface area contributed by atoms with Crippen molar-refractivity contribution in [2.24, 2.45) is 5.92 Å². The van der Waals surface area contributed by atoms with Crippen LogP contribution >= 0.6 is 0 Å². The fourth-order valence-corrected chi connectivity index (χ4v) is 1.69. The van der Waals surface area contributed by atoms with E-state index in [-0.39, 0.29) is 24.6 Å². The highest BCUT2D eigenvalue weighted by Gasteiger charge is 2.27. The number of hydrogen-bond donors (Lipinski definition) is 3. The van der Waals surface area contributed by atoms with Crippen molar-refractivity contribution < 1.29 is 9.90 Å². The Kier molecular flexibility index (Phi) is 3.34. The van der Waals surface area contributed by atoms with E-state index >= 15 is 0 Å². The lowest BCUT2D eigenvalue weighted by Gasteiger charge is -2.18. The second kappa shape index (κ2) is 4.30. The molecule has 70 valence electrons. The number of nitrogens with one attached hydrogen (secondary N) is 2. The minimum absolute atomic E-state index is 0.152. The Hall–Kier alpha value is -0.770. The molecule has 1 rings (SSSR count). The van der Waals surface area contributed by atoms with Crippen molar-refractivity contribution in [3.05, 3.63) is 0 Å². The van der Waals surface area contributed by atoms with Gasteiger partial charge in [0.15, 0.2) is 0 Å². The van der Waals surface area contributed by atoms with Gasteiger partial charge < -0.3 is 15.7 Å². The molecule has 0 radical (unpaired) electrons. The van der Waals surface area contributed by atoms with E-state index in [0.717, 1.165) is 19.3 Å². The summed E-state index contributed by atoms with van der Waals surface area (Å²) in [6, 6.07) is 0.00954. The van der Waals surface area contributed by atoms with E-state index < -0.39 is 0 Å². The summed E-state index contributed by atoms with van der Waals surface area (Å²) in [5, 5.41) is 14.3. The molecule has 2 amide bonds. The molecule has 2 unspecified atom stereocenters. The quantitative estimate of drug-likeness (QED) is 0.552. The average Bonchev–Trinajstić information content (AvgIpc) is 2.51. The van der Waals surface area contributed by atoms with Crippen LogP contribution in [0.25, 0.3) is 0 Å². The van der Waals surface area contributed by atoms with Crippen molar-refractivity contribution in [3.8, 4) is 0 Å². The zero-order chi connectivity index (χ0) is 8.97. The molecule has 1 fully saturated rings. The van der Waals surface area contributed by atoms with Gasteiger partial charge in [0, 0.05) is 25.6 Å². The number of amides is 2. The summed E-state index contributed by atoms with van der Waals surface area (Å²) in [6.07, 6.45) is 3.10. The monoisotopic (exact) mass is 172 g/mol. The molecule has 1 saturated carbocycles. The molecule has 0 aliphatic heterocycles. The Morgan fingerprint density at radius 2 is 2.33 bits per heavy atom. The Bertz CT molecular complexity index is 161. The molecule has 3 N–H and O–H groups in total. The van der Waals surface area contributed by atoms with Gasteiger partial charge in [0.25, 0.3) is 0 Å². The topological polar surface area (TPSA) is 61.4 Å². The van der Waals surface area contributed by atoms with Gasteiger partial charge in [-0.1, -0.05) is 6.42 Å². The van der Waals surface area contributed by atoms with Gasteiger partial charge in [-0.05, 0) is 12.8 Å². The van der Waals surface area contributed by atoms with E-state index in [9.17, 15) is 4.79 Å². The molecule has 12 heavy (non-hydrogen) atoms. The van der Waals surface area contributed by atoms with E-state index in [1.165, 1.54) is 0 Å². The number of urea groups is 1. The SMILES string of the molecule is CNC(=O)NC1CCCC1CO. The molecule has 1 aliphatic carbocycles. The van der Waals surface area contributed by atoms with Crippen molar-refractivity contribution in [1.29, 1.82) is 0 Å². The lowest BCUT2D eigenvalue weighted by Crippen LogP contribution is -2.43. The summed E-state index contributed by atoms with van der Waals surface area (Å²) in [7, 11) is 1.60. The van der Waals surface area contributed by atoms with Gasteiger partial charge >= 0.3 is 6.03 Å². The van der Waals surface area contributed by atoms with E-state index in [4.69, 9.17) is 5.11 Å². The van der Waals surface area contributed by atoms with Crippen LogP contribution in [0.15, 0.2) is 0 Å². The van der Waals surface area contributed by atoms with Crippen LogP contribution in [0.2, 0.25) is 0 Å². The highest BCUT2D eigenvalue weighted by Crippen LogP contribution is 2.24. The first-order chi connectivity index (χ1) is 5.77. The van der Waals surface area contributed by atoms with Crippen LogP contribution < -0.4 is 10.6 Å². The predicted octanol–water partition coefficient (Wildman–Crippen LogP) is 0.0764. The summed E-state index contributed by atoms with van der Waals surface area (Å²) in [4.78, 5) is 10.9. The summed E-state index contributed by atoms with van der Waals surface area (Å²) in [6.45, 7) is 0.175. The van der Waals surface area contributed by atoms with Gasteiger partial charge in [0.2, 0.25) is 0 Å². The first-order valence-corrected chi connectivity index (χ1v) is 4.37. The van der Waals surface area contributed by atoms with Crippen LogP contribution in [0.3, 0.4) is 0 Å². The third-order valence-corrected chi connectivity index (χ3v) is 2.44. The highest BCUT2D eigenvalue weighted by molar-refractivity contribution is 5.73. The van der Waals surface area contributed by atoms with E-state index in [1.807, 2.05) is 0 Å². The molecule has 0 aromatic carbocycles. The third-order valence-electron chi connectivity index (χ3n) is 2.44. The number of hydrogen-bond acceptors (Lipinski definition) is 2. The number of aliphatic hydroxyl groups excluding tert-OH is 1. The van der Waals surface area contributed by atoms with E-state index in [2.05, 4.69) is 10.6 Å². The van der Waals surface area contributed by atoms with E-state index in [1.54, 1.807) is 7.05 Å². The fraction of sp³-hybridized carbons (Fsp3) is 0.875. The minimum atomic E-state index is -0.152. The average molecular weight is 172 g/mol. The largest absolute Gasteiger partial charge is 0.396 e. The molecule has 0 aromatic rings. The number of carbonyl (C=O) groups excluding carboxylic acids is 1. The van der Waals surface area contributed by atoms with Crippen LogP contribution in [0.1, 0.15) is 19.3 Å². The number of carbonyl (C=O) groups is 1. The summed E-state index contributed by atoms with van der Waals surface area (Å²) < 4.78 is 0. The summed E-state index contributed by atoms with van der Waals surface area (Å²) in [5.41, 5.74) is 0. The van der Waals surface area contributed by atoms with Gasteiger partial charge in [-0.15, -0.1) is 0 Å². The van der Waals surface area contributed by atoms with Crippen LogP contribution in [-0.4, -0.2) is 30.8 Å². The smallest absolute Gasteiger partial charge is 0.314 e. The van der Waals surface area contributed by atoms with Crippen molar-refractivity contribution >= 4 is 6.03 Å². The molecule has 2 atom stereocenters. The maximum atomic E-state index is 10.9. The lowest BCUT2D eigenvalue weighted by molar-refractivity contribution is 0.200. The Balaban J connectivity index is 2.35. The molecule has 4 heteroatoms. The summed E-state index contributed by atoms with van der Waals surface area (Å²) >= 11 is 0. The fourth-order valence-electron chi connectivity index (χ4n) is 1.69. The van der Waals surface area contributed by atoms with Crippen molar-refractivity contribution in [3.63, 3.8) is 0 Å². The normalized spacial score (nSPS) is 28.5. The van der Waals surface area contributed by atoms with Gasteiger partial charge in [0.1, 0.15) is 0 Å². The van der Waals surface area contributed by atoms with Crippen LogP contribution in [0, 0.1) is 5.92 Å². The zero-order valence-electron chi connectivity index (χ0n) is 7.34. The Morgan fingerprint density at radius 3 is 2.92 bits per heavy atom. The standard InChI is InChI=1S/C8H16N2O2/c1-9-8(12)10-7-4-2-3-6(7)5-11/h6-7,11H,2-5H2,1H3,(H2,9,10,12). The molecule has 0 spiro atoms. The molecule has 1 aliphatic rings. The second-order valence-electron chi connectivity index (χ2n) is 3.20. The van der Waals surface area contributed by atoms with Crippen molar-refractivity contribution in [2.75, 3.05) is 13.7 Å². The lowest BCUT2D eigenvalue weighted by atomic mass is 10.1. The molecule has 0 heterocycles. The first-order valence-electron chi connectivity index (χ1n) is 4.37. The van der Waals surface area contributed by atoms with Crippen LogP contribution in [0.4, 0.5) is 4.79 Å². The highest BCUT2D eigenvalue weighted by atomic mass is 16.3. The molecule has 0 bridgehead atoms. The molecule has 0 aromatic heterocycles. The Labute approximate surface area is 72.3 Å². The minimum Gasteiger partial charge on any atom is -0.396 e. The van der Waals surface area contributed by atoms with Crippen LogP contribution in [-0.2, 0) is 0 Å². The van der Waals surface area contributed by atoms with Crippen molar-refractivity contribution in [1.82, 2.24) is 10.6 Å². The zero-order valence-corrected chi connectivity index (χ0v) is 7.34. The first kappa shape index (κ1) is 9.32. The summed E-state index contributed by atoms with van der Waals surface area (Å²) in [5.74, 6) is 0.252. The van der Waals surface area contributed by atoms with Gasteiger partial charge in [-0.3, -0.25) is 0 Å². The molecular weight excluding hydrogens is 156 g/mol. The van der Waals surface area contributed by atoms with Gasteiger partial charge in [0.05, 0.1) is 0 Å². The maximum Gasteiger partial charge on any atom is 0.314 e. The molecule has 0 saturated heterocycles. The van der Waals surface area contributed by atoms with Crippen molar-refractivity contribution in [2.45, 2.75) is 25.3 Å². The maximum absolute atomic E-state index is 10.9.